The summed E-state index contributed by atoms with van der Waals surface area (Å²) in [5, 5.41) is 3.11. The molecular weight excluding hydrogens is 381 g/mol. The molecule has 1 aromatic heterocycles. The van der Waals surface area contributed by atoms with Crippen LogP contribution < -0.4 is 5.32 Å². The molecule has 0 atom stereocenters. The Labute approximate surface area is 138 Å². The highest BCUT2D eigenvalue weighted by Gasteiger charge is 2.14. The lowest BCUT2D eigenvalue weighted by atomic mass is 10.1. The van der Waals surface area contributed by atoms with Crippen molar-refractivity contribution in [1.82, 2.24) is 9.97 Å². The molecule has 0 unspecified atom stereocenters. The second-order valence-corrected chi connectivity index (χ2v) is 5.51. The van der Waals surface area contributed by atoms with Crippen molar-refractivity contribution >= 4 is 28.4 Å². The molecule has 0 aliphatic carbocycles. The van der Waals surface area contributed by atoms with Crippen LogP contribution in [0.3, 0.4) is 0 Å². The fourth-order valence-electron chi connectivity index (χ4n) is 2.03. The third-order valence-electron chi connectivity index (χ3n) is 3.00. The van der Waals surface area contributed by atoms with Gasteiger partial charge in [-0.05, 0) is 28.2 Å². The molecule has 112 valence electrons. The number of aromatic nitrogens is 2. The van der Waals surface area contributed by atoms with Gasteiger partial charge in [0.25, 0.3) is 0 Å². The van der Waals surface area contributed by atoms with Gasteiger partial charge >= 0.3 is 0 Å². The summed E-state index contributed by atoms with van der Waals surface area (Å²) in [6.45, 7) is 0.981. The molecule has 0 spiro atoms. The number of nitrogens with zero attached hydrogens (tertiary/aromatic N) is 2. The summed E-state index contributed by atoms with van der Waals surface area (Å²) < 4.78 is 11.5. The van der Waals surface area contributed by atoms with Gasteiger partial charge in [0.05, 0.1) is 22.5 Å². The Bertz CT molecular complexity index is 620. The van der Waals surface area contributed by atoms with Crippen LogP contribution in [0.5, 0.6) is 0 Å². The van der Waals surface area contributed by atoms with Crippen LogP contribution >= 0.6 is 22.6 Å². The summed E-state index contributed by atoms with van der Waals surface area (Å²) in [7, 11) is 5.20. The van der Waals surface area contributed by atoms with E-state index in [4.69, 9.17) is 9.47 Å². The van der Waals surface area contributed by atoms with Crippen molar-refractivity contribution in [2.24, 2.45) is 0 Å². The Morgan fingerprint density at radius 3 is 2.48 bits per heavy atom. The molecule has 0 bridgehead atoms. The molecular formula is C15H18IN3O2. The van der Waals surface area contributed by atoms with Crippen molar-refractivity contribution in [3.8, 4) is 11.4 Å². The number of methoxy groups -OCH3 is 2. The Balaban J connectivity index is 2.55. The Morgan fingerprint density at radius 1 is 1.10 bits per heavy atom. The predicted molar refractivity (Wildman–Crippen MR) is 91.2 cm³/mol. The molecule has 5 nitrogen and oxygen atoms in total. The molecule has 1 aromatic carbocycles. The summed E-state index contributed by atoms with van der Waals surface area (Å²) in [5.74, 6) is 1.49. The Morgan fingerprint density at radius 2 is 1.81 bits per heavy atom. The second-order valence-electron chi connectivity index (χ2n) is 4.43. The van der Waals surface area contributed by atoms with Crippen LogP contribution in [0.2, 0.25) is 0 Å². The maximum atomic E-state index is 5.25. The van der Waals surface area contributed by atoms with E-state index >= 15 is 0 Å². The third-order valence-corrected chi connectivity index (χ3v) is 4.13. The van der Waals surface area contributed by atoms with Crippen molar-refractivity contribution in [3.63, 3.8) is 0 Å². The topological polar surface area (TPSA) is 56.3 Å². The summed E-state index contributed by atoms with van der Waals surface area (Å²) in [6, 6.07) is 7.99. The summed E-state index contributed by atoms with van der Waals surface area (Å²) in [6.07, 6.45) is 0. The van der Waals surface area contributed by atoms with Crippen LogP contribution in [-0.4, -0.2) is 31.2 Å². The van der Waals surface area contributed by atoms with E-state index in [0.29, 0.717) is 19.0 Å². The van der Waals surface area contributed by atoms with Crippen LogP contribution in [-0.2, 0) is 22.7 Å². The van der Waals surface area contributed by atoms with Gasteiger partial charge in [0, 0.05) is 26.8 Å². The molecule has 0 radical (unpaired) electrons. The number of hydrogen-bond donors (Lipinski definition) is 1. The number of ether oxygens (including phenoxy) is 2. The van der Waals surface area contributed by atoms with Crippen LogP contribution in [0.4, 0.5) is 5.82 Å². The van der Waals surface area contributed by atoms with E-state index in [1.165, 1.54) is 0 Å². The molecule has 0 saturated carbocycles. The number of rotatable bonds is 6. The van der Waals surface area contributed by atoms with Gasteiger partial charge in [0.15, 0.2) is 5.82 Å². The monoisotopic (exact) mass is 399 g/mol. The first-order valence-electron chi connectivity index (χ1n) is 6.51. The highest BCUT2D eigenvalue weighted by atomic mass is 127. The first-order chi connectivity index (χ1) is 10.2. The Kier molecular flexibility index (Phi) is 5.89. The molecule has 1 heterocycles. The lowest BCUT2D eigenvalue weighted by Gasteiger charge is -2.13. The fourth-order valence-corrected chi connectivity index (χ4v) is 2.70. The molecule has 0 amide bonds. The predicted octanol–water partition coefficient (Wildman–Crippen LogP) is 3.08. The molecule has 2 aromatic rings. The molecule has 1 N–H and O–H groups in total. The second kappa shape index (κ2) is 7.67. The van der Waals surface area contributed by atoms with Crippen molar-refractivity contribution in [2.45, 2.75) is 13.2 Å². The zero-order valence-corrected chi connectivity index (χ0v) is 14.5. The quantitative estimate of drug-likeness (QED) is 0.757. The molecule has 0 fully saturated rings. The van der Waals surface area contributed by atoms with Gasteiger partial charge in [-0.15, -0.1) is 0 Å². The normalized spacial score (nSPS) is 10.7. The van der Waals surface area contributed by atoms with Crippen molar-refractivity contribution in [1.29, 1.82) is 0 Å². The van der Waals surface area contributed by atoms with E-state index in [9.17, 15) is 0 Å². The van der Waals surface area contributed by atoms with Crippen molar-refractivity contribution in [3.05, 3.63) is 39.1 Å². The molecule has 6 heteroatoms. The van der Waals surface area contributed by atoms with E-state index in [1.54, 1.807) is 14.2 Å². The smallest absolute Gasteiger partial charge is 0.162 e. The van der Waals surface area contributed by atoms with Gasteiger partial charge in [-0.1, -0.05) is 24.3 Å². The molecule has 0 aliphatic heterocycles. The minimum absolute atomic E-state index is 0.453. The first-order valence-corrected chi connectivity index (χ1v) is 7.59. The minimum Gasteiger partial charge on any atom is -0.380 e. The highest BCUT2D eigenvalue weighted by molar-refractivity contribution is 14.1. The largest absolute Gasteiger partial charge is 0.380 e. The number of benzene rings is 1. The van der Waals surface area contributed by atoms with Gasteiger partial charge in [-0.3, -0.25) is 0 Å². The molecule has 0 aliphatic rings. The minimum atomic E-state index is 0.453. The number of nitrogens with one attached hydrogen (secondary N) is 1. The fraction of sp³-hybridized carbons (Fsp3) is 0.333. The number of hydrogen-bond acceptors (Lipinski definition) is 5. The standard InChI is InChI=1S/C15H18IN3O2/c1-17-15-13(16)12(9-21-3)18-14(19-15)11-7-5-4-6-10(11)8-20-2/h4-7H,8-9H2,1-3H3,(H,17,18,19). The van der Waals surface area contributed by atoms with E-state index in [2.05, 4.69) is 37.9 Å². The molecule has 2 rings (SSSR count). The van der Waals surface area contributed by atoms with Gasteiger partial charge in [0.1, 0.15) is 5.82 Å². The SMILES string of the molecule is CNc1nc(-c2ccccc2COC)nc(COC)c1I. The van der Waals surface area contributed by atoms with E-state index in [1.807, 2.05) is 31.3 Å². The summed E-state index contributed by atoms with van der Waals surface area (Å²) >= 11 is 2.23. The third kappa shape index (κ3) is 3.69. The van der Waals surface area contributed by atoms with Crippen LogP contribution in [0.1, 0.15) is 11.3 Å². The maximum Gasteiger partial charge on any atom is 0.162 e. The van der Waals surface area contributed by atoms with Gasteiger partial charge < -0.3 is 14.8 Å². The summed E-state index contributed by atoms with van der Waals surface area (Å²) in [4.78, 5) is 9.25. The van der Waals surface area contributed by atoms with Crippen molar-refractivity contribution in [2.75, 3.05) is 26.6 Å². The summed E-state index contributed by atoms with van der Waals surface area (Å²) in [5.41, 5.74) is 2.91. The van der Waals surface area contributed by atoms with Crippen LogP contribution in [0, 0.1) is 3.57 Å². The average Bonchev–Trinajstić information content (AvgIpc) is 2.50. The number of anilines is 1. The Hall–Kier alpha value is -1.25. The van der Waals surface area contributed by atoms with E-state index in [0.717, 1.165) is 26.2 Å². The zero-order valence-electron chi connectivity index (χ0n) is 12.3. The first kappa shape index (κ1) is 16.1. The van der Waals surface area contributed by atoms with Gasteiger partial charge in [-0.2, -0.15) is 0 Å². The van der Waals surface area contributed by atoms with Crippen LogP contribution in [0.15, 0.2) is 24.3 Å². The zero-order chi connectivity index (χ0) is 15.2. The van der Waals surface area contributed by atoms with E-state index in [-0.39, 0.29) is 0 Å². The lowest BCUT2D eigenvalue weighted by molar-refractivity contribution is 0.181. The highest BCUT2D eigenvalue weighted by Crippen LogP contribution is 2.26. The van der Waals surface area contributed by atoms with Gasteiger partial charge in [0.2, 0.25) is 0 Å². The van der Waals surface area contributed by atoms with Gasteiger partial charge in [-0.25, -0.2) is 9.97 Å². The van der Waals surface area contributed by atoms with Crippen molar-refractivity contribution < 1.29 is 9.47 Å². The lowest BCUT2D eigenvalue weighted by Crippen LogP contribution is -2.07. The van der Waals surface area contributed by atoms with E-state index < -0.39 is 0 Å². The van der Waals surface area contributed by atoms with Crippen LogP contribution in [0.25, 0.3) is 11.4 Å². The number of halogens is 1. The molecule has 21 heavy (non-hydrogen) atoms. The average molecular weight is 399 g/mol. The molecule has 0 saturated heterocycles. The maximum absolute atomic E-state index is 5.25.